The first-order valence-corrected chi connectivity index (χ1v) is 10.6. The lowest BCUT2D eigenvalue weighted by Crippen LogP contribution is -2.51. The van der Waals surface area contributed by atoms with Gasteiger partial charge < -0.3 is 23.7 Å². The van der Waals surface area contributed by atoms with E-state index in [1.54, 1.807) is 4.90 Å². The van der Waals surface area contributed by atoms with Crippen molar-refractivity contribution in [1.29, 1.82) is 0 Å². The third-order valence-electron chi connectivity index (χ3n) is 5.02. The maximum absolute atomic E-state index is 12.4. The molecule has 2 aliphatic rings. The van der Waals surface area contributed by atoms with Gasteiger partial charge in [-0.1, -0.05) is 12.1 Å². The van der Waals surface area contributed by atoms with Gasteiger partial charge >= 0.3 is 13.2 Å². The van der Waals surface area contributed by atoms with Gasteiger partial charge in [0.05, 0.1) is 12.1 Å². The molecule has 3 rings (SSSR count). The minimum atomic E-state index is -0.496. The van der Waals surface area contributed by atoms with E-state index < -0.39 is 12.7 Å². The summed E-state index contributed by atoms with van der Waals surface area (Å²) < 4.78 is 23.8. The molecule has 2 atom stereocenters. The van der Waals surface area contributed by atoms with Crippen LogP contribution in [0.1, 0.15) is 60.8 Å². The highest BCUT2D eigenvalue weighted by molar-refractivity contribution is 6.61. The number of piperidine rings is 1. The Kier molecular flexibility index (Phi) is 6.49. The minimum absolute atomic E-state index is 0.0601. The molecule has 2 aliphatic heterocycles. The number of rotatable bonds is 3. The first kappa shape index (κ1) is 22.0. The highest BCUT2D eigenvalue weighted by atomic mass is 16.6. The Morgan fingerprint density at radius 3 is 2.76 bits per heavy atom. The van der Waals surface area contributed by atoms with E-state index in [0.717, 1.165) is 30.5 Å². The topological polar surface area (TPSA) is 57.2 Å². The van der Waals surface area contributed by atoms with E-state index >= 15 is 0 Å². The quantitative estimate of drug-likeness (QED) is 0.720. The maximum atomic E-state index is 12.4. The van der Waals surface area contributed by atoms with E-state index in [-0.39, 0.29) is 23.9 Å². The monoisotopic (exact) mass is 403 g/mol. The van der Waals surface area contributed by atoms with Crippen LogP contribution in [0.25, 0.3) is 0 Å². The van der Waals surface area contributed by atoms with Crippen molar-refractivity contribution in [3.05, 3.63) is 24.3 Å². The molecule has 2 unspecified atom stereocenters. The van der Waals surface area contributed by atoms with E-state index in [4.69, 9.17) is 18.8 Å². The summed E-state index contributed by atoms with van der Waals surface area (Å²) >= 11 is 0. The second kappa shape index (κ2) is 8.56. The van der Waals surface area contributed by atoms with Gasteiger partial charge in [-0.15, -0.1) is 0 Å². The summed E-state index contributed by atoms with van der Waals surface area (Å²) in [6, 6.07) is 7.87. The van der Waals surface area contributed by atoms with Crippen molar-refractivity contribution in [3.63, 3.8) is 0 Å². The number of carbonyl (C=O) groups is 1. The Morgan fingerprint density at radius 2 is 2.07 bits per heavy atom. The summed E-state index contributed by atoms with van der Waals surface area (Å²) in [5, 5.41) is 0. The normalized spacial score (nSPS) is 24.9. The van der Waals surface area contributed by atoms with E-state index in [0.29, 0.717) is 13.1 Å². The van der Waals surface area contributed by atoms with E-state index in [9.17, 15) is 4.79 Å². The summed E-state index contributed by atoms with van der Waals surface area (Å²) in [6.45, 7) is 13.1. The van der Waals surface area contributed by atoms with Crippen LogP contribution in [0, 0.1) is 0 Å². The molecule has 0 radical (unpaired) electrons. The lowest BCUT2D eigenvalue weighted by molar-refractivity contribution is -0.0230. The van der Waals surface area contributed by atoms with Crippen molar-refractivity contribution in [3.8, 4) is 5.75 Å². The molecule has 2 heterocycles. The molecule has 0 N–H and O–H groups in total. The van der Waals surface area contributed by atoms with Crippen LogP contribution in [0.3, 0.4) is 0 Å². The number of hydrogen-bond acceptors (Lipinski definition) is 5. The van der Waals surface area contributed by atoms with Crippen molar-refractivity contribution in [2.24, 2.45) is 0 Å². The number of amides is 1. The first-order valence-electron chi connectivity index (χ1n) is 10.6. The molecule has 29 heavy (non-hydrogen) atoms. The van der Waals surface area contributed by atoms with Crippen molar-refractivity contribution >= 4 is 18.7 Å². The molecule has 0 spiro atoms. The Morgan fingerprint density at radius 1 is 1.31 bits per heavy atom. The molecular formula is C22H34BNO5. The van der Waals surface area contributed by atoms with Gasteiger partial charge in [0.15, 0.2) is 0 Å². The Hall–Kier alpha value is -1.73. The van der Waals surface area contributed by atoms with Crippen LogP contribution in [0.2, 0.25) is 0 Å². The van der Waals surface area contributed by atoms with E-state index in [1.165, 1.54) is 0 Å². The smallest absolute Gasteiger partial charge is 0.489 e. The van der Waals surface area contributed by atoms with Crippen molar-refractivity contribution < 1.29 is 23.6 Å². The summed E-state index contributed by atoms with van der Waals surface area (Å²) in [6.07, 6.45) is 2.46. The number of carbonyl (C=O) groups excluding carboxylic acids is 1. The molecule has 0 bridgehead atoms. The molecule has 1 aromatic rings. The fourth-order valence-electron chi connectivity index (χ4n) is 3.92. The van der Waals surface area contributed by atoms with Crippen molar-refractivity contribution in [2.75, 3.05) is 13.1 Å². The van der Waals surface area contributed by atoms with Crippen LogP contribution in [-0.4, -0.2) is 54.6 Å². The van der Waals surface area contributed by atoms with Gasteiger partial charge in [-0.25, -0.2) is 4.79 Å². The molecular weight excluding hydrogens is 369 g/mol. The highest BCUT2D eigenvalue weighted by Gasteiger charge is 2.38. The van der Waals surface area contributed by atoms with Crippen molar-refractivity contribution in [1.82, 2.24) is 4.90 Å². The Bertz CT molecular complexity index is 717. The molecule has 0 saturated carbocycles. The fourth-order valence-corrected chi connectivity index (χ4v) is 3.92. The minimum Gasteiger partial charge on any atom is -0.489 e. The number of ether oxygens (including phenoxy) is 2. The first-order chi connectivity index (χ1) is 13.5. The molecule has 0 aromatic heterocycles. The number of nitrogens with zero attached hydrogens (tertiary/aromatic N) is 1. The summed E-state index contributed by atoms with van der Waals surface area (Å²) in [7, 11) is -0.401. The molecule has 6 nitrogen and oxygen atoms in total. The standard InChI is InChI=1S/C22H34BNO5/c1-16-14-22(5,6)29-23(28-16)17-9-7-10-18(13-17)26-19-11-8-12-24(15-19)20(25)27-21(2,3)4/h7,9-10,13,16,19H,8,11-12,14-15H2,1-6H3. The van der Waals surface area contributed by atoms with Gasteiger partial charge in [0.1, 0.15) is 17.5 Å². The molecule has 1 aromatic carbocycles. The third kappa shape index (κ3) is 6.38. The van der Waals surface area contributed by atoms with Gasteiger partial charge in [-0.05, 0) is 78.4 Å². The second-order valence-electron chi connectivity index (χ2n) is 9.74. The zero-order chi connectivity index (χ0) is 21.2. The van der Waals surface area contributed by atoms with Crippen molar-refractivity contribution in [2.45, 2.75) is 84.2 Å². The predicted molar refractivity (Wildman–Crippen MR) is 114 cm³/mol. The molecule has 160 valence electrons. The van der Waals surface area contributed by atoms with Crippen LogP contribution in [0.4, 0.5) is 4.79 Å². The highest BCUT2D eigenvalue weighted by Crippen LogP contribution is 2.26. The Labute approximate surface area is 175 Å². The molecule has 0 aliphatic carbocycles. The average molecular weight is 403 g/mol. The van der Waals surface area contributed by atoms with Crippen LogP contribution < -0.4 is 10.2 Å². The summed E-state index contributed by atoms with van der Waals surface area (Å²) in [5.41, 5.74) is 0.225. The number of hydrogen-bond donors (Lipinski definition) is 0. The number of likely N-dealkylation sites (tertiary alicyclic amines) is 1. The number of benzene rings is 1. The average Bonchev–Trinajstić information content (AvgIpc) is 2.59. The van der Waals surface area contributed by atoms with Gasteiger partial charge in [0.2, 0.25) is 0 Å². The van der Waals surface area contributed by atoms with Gasteiger partial charge in [0.25, 0.3) is 0 Å². The molecule has 1 amide bonds. The second-order valence-corrected chi connectivity index (χ2v) is 9.74. The van der Waals surface area contributed by atoms with Gasteiger partial charge in [-0.2, -0.15) is 0 Å². The van der Waals surface area contributed by atoms with E-state index in [1.807, 2.05) is 45.0 Å². The third-order valence-corrected chi connectivity index (χ3v) is 5.02. The van der Waals surface area contributed by atoms with Gasteiger partial charge in [0, 0.05) is 12.6 Å². The summed E-state index contributed by atoms with van der Waals surface area (Å²) in [5.74, 6) is 0.766. The molecule has 7 heteroatoms. The Balaban J connectivity index is 1.63. The predicted octanol–water partition coefficient (Wildman–Crippen LogP) is 3.76. The molecule has 2 fully saturated rings. The van der Waals surface area contributed by atoms with E-state index in [2.05, 4.69) is 20.8 Å². The van der Waals surface area contributed by atoms with Crippen LogP contribution in [0.15, 0.2) is 24.3 Å². The fraction of sp³-hybridized carbons (Fsp3) is 0.682. The lowest BCUT2D eigenvalue weighted by atomic mass is 9.75. The SMILES string of the molecule is CC1CC(C)(C)OB(c2cccc(OC3CCCN(C(=O)OC(C)(C)C)C3)c2)O1. The molecule has 2 saturated heterocycles. The van der Waals surface area contributed by atoms with Crippen LogP contribution in [-0.2, 0) is 14.0 Å². The zero-order valence-electron chi connectivity index (χ0n) is 18.6. The lowest BCUT2D eigenvalue weighted by Gasteiger charge is -2.38. The van der Waals surface area contributed by atoms with Crippen LogP contribution >= 0.6 is 0 Å². The maximum Gasteiger partial charge on any atom is 0.494 e. The van der Waals surface area contributed by atoms with Crippen LogP contribution in [0.5, 0.6) is 5.75 Å². The summed E-state index contributed by atoms with van der Waals surface area (Å²) in [4.78, 5) is 14.1. The van der Waals surface area contributed by atoms with Gasteiger partial charge in [-0.3, -0.25) is 0 Å². The zero-order valence-corrected chi connectivity index (χ0v) is 18.6. The largest absolute Gasteiger partial charge is 0.494 e.